The summed E-state index contributed by atoms with van der Waals surface area (Å²) in [6.07, 6.45) is 4.34. The maximum atomic E-state index is 13.8. The summed E-state index contributed by atoms with van der Waals surface area (Å²) in [5, 5.41) is 2.98. The highest BCUT2D eigenvalue weighted by molar-refractivity contribution is 5.86. The van der Waals surface area contributed by atoms with Crippen LogP contribution in [0.1, 0.15) is 25.3 Å². The van der Waals surface area contributed by atoms with E-state index in [1.165, 1.54) is 19.2 Å². The van der Waals surface area contributed by atoms with Crippen LogP contribution in [0.25, 0.3) is 22.5 Å². The monoisotopic (exact) mass is 379 g/mol. The maximum absolute atomic E-state index is 13.8. The minimum atomic E-state index is -0.375. The van der Waals surface area contributed by atoms with Crippen molar-refractivity contribution in [3.63, 3.8) is 0 Å². The minimum absolute atomic E-state index is 0.0168. The van der Waals surface area contributed by atoms with Gasteiger partial charge in [-0.1, -0.05) is 30.3 Å². The number of rotatable bonds is 4. The van der Waals surface area contributed by atoms with E-state index in [0.29, 0.717) is 17.9 Å². The molecular weight excluding hydrogens is 357 g/mol. The minimum Gasteiger partial charge on any atom is -0.496 e. The van der Waals surface area contributed by atoms with Gasteiger partial charge >= 0.3 is 0 Å². The van der Waals surface area contributed by atoms with E-state index in [4.69, 9.17) is 4.74 Å². The highest BCUT2D eigenvalue weighted by atomic mass is 19.1. The second-order valence-corrected chi connectivity index (χ2v) is 6.86. The van der Waals surface area contributed by atoms with Gasteiger partial charge in [-0.15, -0.1) is 0 Å². The Morgan fingerprint density at radius 1 is 1.18 bits per heavy atom. The molecule has 0 unspecified atom stereocenters. The van der Waals surface area contributed by atoms with E-state index < -0.39 is 0 Å². The van der Waals surface area contributed by atoms with Crippen molar-refractivity contribution >= 4 is 5.91 Å². The highest BCUT2D eigenvalue weighted by Crippen LogP contribution is 2.39. The largest absolute Gasteiger partial charge is 0.496 e. The molecule has 1 aliphatic heterocycles. The van der Waals surface area contributed by atoms with E-state index in [1.807, 2.05) is 34.9 Å². The molecule has 28 heavy (non-hydrogen) atoms. The predicted octanol–water partition coefficient (Wildman–Crippen LogP) is 4.21. The van der Waals surface area contributed by atoms with E-state index in [9.17, 15) is 9.18 Å². The summed E-state index contributed by atoms with van der Waals surface area (Å²) in [5.74, 6) is 0.0185. The topological polar surface area (TPSA) is 56.1 Å². The molecule has 1 N–H and O–H groups in total. The van der Waals surface area contributed by atoms with Gasteiger partial charge in [0.25, 0.3) is 0 Å². The fourth-order valence-corrected chi connectivity index (χ4v) is 3.72. The number of ether oxygens (including phenoxy) is 1. The lowest BCUT2D eigenvalue weighted by molar-refractivity contribution is -0.124. The number of halogens is 1. The average molecular weight is 379 g/mol. The van der Waals surface area contributed by atoms with Gasteiger partial charge in [-0.2, -0.15) is 0 Å². The number of benzene rings is 2. The Bertz CT molecular complexity index is 985. The third-order valence-corrected chi connectivity index (χ3v) is 5.10. The Morgan fingerprint density at radius 2 is 2.00 bits per heavy atom. The van der Waals surface area contributed by atoms with E-state index in [1.54, 1.807) is 12.4 Å². The van der Waals surface area contributed by atoms with Crippen LogP contribution in [-0.4, -0.2) is 29.1 Å². The Labute approximate surface area is 163 Å². The summed E-state index contributed by atoms with van der Waals surface area (Å²) in [5.41, 5.74) is 3.13. The van der Waals surface area contributed by atoms with Gasteiger partial charge in [-0.3, -0.25) is 4.79 Å². The highest BCUT2D eigenvalue weighted by Gasteiger charge is 2.28. The zero-order valence-corrected chi connectivity index (χ0v) is 15.7. The fourth-order valence-electron chi connectivity index (χ4n) is 3.72. The summed E-state index contributed by atoms with van der Waals surface area (Å²) in [6, 6.07) is 13.8. The van der Waals surface area contributed by atoms with Gasteiger partial charge in [0.05, 0.1) is 24.8 Å². The van der Waals surface area contributed by atoms with Crippen LogP contribution < -0.4 is 10.1 Å². The lowest BCUT2D eigenvalue weighted by Crippen LogP contribution is -2.30. The first kappa shape index (κ1) is 18.2. The van der Waals surface area contributed by atoms with Gasteiger partial charge in [0, 0.05) is 23.7 Å². The molecule has 144 valence electrons. The van der Waals surface area contributed by atoms with Gasteiger partial charge in [-0.25, -0.2) is 9.37 Å². The van der Waals surface area contributed by atoms with Crippen LogP contribution in [0.3, 0.4) is 0 Å². The number of carbonyl (C=O) groups is 1. The molecule has 1 amide bonds. The Morgan fingerprint density at radius 3 is 2.79 bits per heavy atom. The third-order valence-electron chi connectivity index (χ3n) is 5.10. The summed E-state index contributed by atoms with van der Waals surface area (Å²) in [4.78, 5) is 17.3. The van der Waals surface area contributed by atoms with Gasteiger partial charge in [0.1, 0.15) is 17.6 Å². The number of methoxy groups -OCH3 is 1. The molecule has 0 radical (unpaired) electrons. The van der Waals surface area contributed by atoms with Gasteiger partial charge in [0.2, 0.25) is 5.91 Å². The van der Waals surface area contributed by atoms with Crippen LogP contribution in [0.4, 0.5) is 4.39 Å². The Kier molecular flexibility index (Phi) is 5.10. The molecule has 3 aromatic rings. The number of hydrogen-bond acceptors (Lipinski definition) is 3. The van der Waals surface area contributed by atoms with Gasteiger partial charge in [0.15, 0.2) is 0 Å². The molecule has 0 saturated carbocycles. The number of nitrogens with zero attached hydrogens (tertiary/aromatic N) is 2. The van der Waals surface area contributed by atoms with Crippen LogP contribution in [0.5, 0.6) is 5.75 Å². The van der Waals surface area contributed by atoms with Crippen molar-refractivity contribution in [3.05, 3.63) is 60.7 Å². The van der Waals surface area contributed by atoms with Crippen molar-refractivity contribution < 1.29 is 13.9 Å². The van der Waals surface area contributed by atoms with Crippen molar-refractivity contribution in [2.75, 3.05) is 13.7 Å². The zero-order chi connectivity index (χ0) is 19.5. The second kappa shape index (κ2) is 7.84. The van der Waals surface area contributed by atoms with Crippen molar-refractivity contribution in [1.82, 2.24) is 14.9 Å². The molecule has 0 aliphatic carbocycles. The fraction of sp³-hybridized carbons (Fsp3) is 0.273. The standard InChI is InChI=1S/C22H22FN3O2/c1-28-19-13-16(23)10-11-17(19)21-20(15-7-3-2-4-8-15)25-14-26(21)18-9-5-6-12-24-22(18)27/h2-4,7-8,10-11,13-14,18H,5-6,9,12H2,1H3,(H,24,27)/t18-/m0/s1. The first-order valence-electron chi connectivity index (χ1n) is 9.43. The van der Waals surface area contributed by atoms with Crippen LogP contribution >= 0.6 is 0 Å². The average Bonchev–Trinajstić information content (AvgIpc) is 3.04. The first-order chi connectivity index (χ1) is 13.7. The quantitative estimate of drug-likeness (QED) is 0.739. The summed E-state index contributed by atoms with van der Waals surface area (Å²) >= 11 is 0. The number of amides is 1. The molecule has 6 heteroatoms. The predicted molar refractivity (Wildman–Crippen MR) is 106 cm³/mol. The van der Waals surface area contributed by atoms with Gasteiger partial charge < -0.3 is 14.6 Å². The third kappa shape index (κ3) is 3.38. The molecule has 4 rings (SSSR count). The van der Waals surface area contributed by atoms with E-state index in [-0.39, 0.29) is 17.8 Å². The van der Waals surface area contributed by atoms with Crippen LogP contribution in [0.2, 0.25) is 0 Å². The number of hydrogen-bond donors (Lipinski definition) is 1. The van der Waals surface area contributed by atoms with Crippen molar-refractivity contribution in [1.29, 1.82) is 0 Å². The van der Waals surface area contributed by atoms with Gasteiger partial charge in [-0.05, 0) is 31.4 Å². The molecule has 1 aliphatic rings. The molecule has 2 heterocycles. The molecule has 2 aromatic carbocycles. The molecule has 0 spiro atoms. The molecule has 0 bridgehead atoms. The lowest BCUT2D eigenvalue weighted by Gasteiger charge is -2.20. The maximum Gasteiger partial charge on any atom is 0.243 e. The molecule has 1 aromatic heterocycles. The van der Waals surface area contributed by atoms with Crippen molar-refractivity contribution in [2.24, 2.45) is 0 Å². The van der Waals surface area contributed by atoms with Crippen LogP contribution in [-0.2, 0) is 4.79 Å². The van der Waals surface area contributed by atoms with E-state index in [0.717, 1.165) is 36.2 Å². The summed E-state index contributed by atoms with van der Waals surface area (Å²) in [6.45, 7) is 0.685. The van der Waals surface area contributed by atoms with E-state index in [2.05, 4.69) is 10.3 Å². The Balaban J connectivity index is 1.93. The Hall–Kier alpha value is -3.15. The SMILES string of the molecule is COc1cc(F)ccc1-c1c(-c2ccccc2)ncn1[C@H]1CCCCNC1=O. The second-order valence-electron chi connectivity index (χ2n) is 6.86. The molecule has 1 fully saturated rings. The molecule has 1 saturated heterocycles. The van der Waals surface area contributed by atoms with Crippen molar-refractivity contribution in [3.8, 4) is 28.3 Å². The molecular formula is C22H22FN3O2. The number of aromatic nitrogens is 2. The van der Waals surface area contributed by atoms with Crippen LogP contribution in [0.15, 0.2) is 54.9 Å². The first-order valence-corrected chi connectivity index (χ1v) is 9.43. The summed E-state index contributed by atoms with van der Waals surface area (Å²) < 4.78 is 21.2. The molecule has 5 nitrogen and oxygen atoms in total. The number of nitrogens with one attached hydrogen (secondary N) is 1. The van der Waals surface area contributed by atoms with E-state index >= 15 is 0 Å². The van der Waals surface area contributed by atoms with Crippen molar-refractivity contribution in [2.45, 2.75) is 25.3 Å². The number of carbonyl (C=O) groups excluding carboxylic acids is 1. The molecule has 1 atom stereocenters. The number of imidazole rings is 1. The lowest BCUT2D eigenvalue weighted by atomic mass is 10.0. The van der Waals surface area contributed by atoms with Crippen LogP contribution in [0, 0.1) is 5.82 Å². The smallest absolute Gasteiger partial charge is 0.243 e. The normalized spacial score (nSPS) is 17.1. The zero-order valence-electron chi connectivity index (χ0n) is 15.7. The summed E-state index contributed by atoms with van der Waals surface area (Å²) in [7, 11) is 1.51.